The predicted molar refractivity (Wildman–Crippen MR) is 138 cm³/mol. The van der Waals surface area contributed by atoms with E-state index in [9.17, 15) is 13.2 Å². The molecule has 3 aromatic rings. The van der Waals surface area contributed by atoms with Gasteiger partial charge in [0, 0.05) is 26.2 Å². The topological polar surface area (TPSA) is 73.8 Å². The molecule has 0 bridgehead atoms. The summed E-state index contributed by atoms with van der Waals surface area (Å²) < 4.78 is 28.9. The third-order valence-electron chi connectivity index (χ3n) is 6.46. The molecule has 2 aromatic carbocycles. The first kappa shape index (κ1) is 24.8. The summed E-state index contributed by atoms with van der Waals surface area (Å²) in [6.07, 6.45) is 1.32. The predicted octanol–water partition coefficient (Wildman–Crippen LogP) is 3.91. The SMILES string of the molecule is Cc1ccc2sc(N(CCN(C)C)C(=O)C3CCCN(S(=O)(=O)c4ccccc4)C3)nc2c1C. The summed E-state index contributed by atoms with van der Waals surface area (Å²) in [4.78, 5) is 22.7. The van der Waals surface area contributed by atoms with Gasteiger partial charge in [-0.3, -0.25) is 9.69 Å². The largest absolute Gasteiger partial charge is 0.308 e. The summed E-state index contributed by atoms with van der Waals surface area (Å²) in [5.41, 5.74) is 3.22. The van der Waals surface area contributed by atoms with E-state index in [0.717, 1.165) is 15.8 Å². The Morgan fingerprint density at radius 1 is 1.12 bits per heavy atom. The molecule has 0 saturated carbocycles. The number of fused-ring (bicyclic) bond motifs is 1. The fourth-order valence-corrected chi connectivity index (χ4v) is 6.86. The standard InChI is InChI=1S/C25H32N4O3S2/c1-18-12-13-22-23(19(18)2)26-25(33-22)29(16-15-27(3)4)24(30)20-9-8-14-28(17-20)34(31,32)21-10-6-5-7-11-21/h5-7,10-13,20H,8-9,14-17H2,1-4H3. The number of nitrogens with zero attached hydrogens (tertiary/aromatic N) is 4. The number of likely N-dealkylation sites (N-methyl/N-ethyl adjacent to an activating group) is 1. The van der Waals surface area contributed by atoms with E-state index in [0.29, 0.717) is 37.6 Å². The van der Waals surface area contributed by atoms with Crippen LogP contribution in [0.3, 0.4) is 0 Å². The van der Waals surface area contributed by atoms with Crippen molar-refractivity contribution in [1.29, 1.82) is 0 Å². The summed E-state index contributed by atoms with van der Waals surface area (Å²) in [6, 6.07) is 12.6. The van der Waals surface area contributed by atoms with E-state index >= 15 is 0 Å². The number of carbonyl (C=O) groups is 1. The zero-order chi connectivity index (χ0) is 24.5. The van der Waals surface area contributed by atoms with E-state index in [4.69, 9.17) is 4.98 Å². The molecule has 0 aliphatic carbocycles. The number of aromatic nitrogens is 1. The summed E-state index contributed by atoms with van der Waals surface area (Å²) in [6.45, 7) is 5.94. The van der Waals surface area contributed by atoms with E-state index in [1.807, 2.05) is 19.0 Å². The molecule has 7 nitrogen and oxygen atoms in total. The van der Waals surface area contributed by atoms with Crippen molar-refractivity contribution in [1.82, 2.24) is 14.2 Å². The lowest BCUT2D eigenvalue weighted by molar-refractivity contribution is -0.123. The van der Waals surface area contributed by atoms with Gasteiger partial charge in [0.25, 0.3) is 0 Å². The Morgan fingerprint density at radius 3 is 2.56 bits per heavy atom. The number of benzene rings is 2. The van der Waals surface area contributed by atoms with Gasteiger partial charge in [-0.05, 0) is 70.1 Å². The molecular formula is C25H32N4O3S2. The maximum absolute atomic E-state index is 13.8. The molecule has 2 heterocycles. The van der Waals surface area contributed by atoms with Gasteiger partial charge in [0.15, 0.2) is 5.13 Å². The van der Waals surface area contributed by atoms with Crippen LogP contribution in [0.1, 0.15) is 24.0 Å². The van der Waals surface area contributed by atoms with Crippen LogP contribution < -0.4 is 4.90 Å². The lowest BCUT2D eigenvalue weighted by atomic mass is 9.98. The van der Waals surface area contributed by atoms with Crippen LogP contribution in [0.2, 0.25) is 0 Å². The molecule has 34 heavy (non-hydrogen) atoms. The first-order chi connectivity index (χ1) is 16.2. The van der Waals surface area contributed by atoms with Crippen LogP contribution >= 0.6 is 11.3 Å². The van der Waals surface area contributed by atoms with Crippen molar-refractivity contribution in [2.45, 2.75) is 31.6 Å². The van der Waals surface area contributed by atoms with Crippen molar-refractivity contribution < 1.29 is 13.2 Å². The van der Waals surface area contributed by atoms with Crippen LogP contribution in [0.5, 0.6) is 0 Å². The Bertz CT molecular complexity index is 1270. The van der Waals surface area contributed by atoms with E-state index in [1.54, 1.807) is 35.2 Å². The van der Waals surface area contributed by atoms with Gasteiger partial charge in [0.05, 0.1) is 21.0 Å². The van der Waals surface area contributed by atoms with Gasteiger partial charge in [-0.2, -0.15) is 4.31 Å². The lowest BCUT2D eigenvalue weighted by Gasteiger charge is -2.34. The average molecular weight is 501 g/mol. The van der Waals surface area contributed by atoms with Crippen molar-refractivity contribution in [2.75, 3.05) is 45.2 Å². The fourth-order valence-electron chi connectivity index (χ4n) is 4.25. The number of thiazole rings is 1. The van der Waals surface area contributed by atoms with E-state index < -0.39 is 15.9 Å². The van der Waals surface area contributed by atoms with Gasteiger partial charge in [-0.15, -0.1) is 0 Å². The molecule has 1 aromatic heterocycles. The Hall–Kier alpha value is -2.33. The molecule has 1 atom stereocenters. The average Bonchev–Trinajstić information content (AvgIpc) is 3.26. The van der Waals surface area contributed by atoms with Gasteiger partial charge in [0.1, 0.15) is 0 Å². The van der Waals surface area contributed by atoms with E-state index in [1.165, 1.54) is 21.2 Å². The highest BCUT2D eigenvalue weighted by Crippen LogP contribution is 2.34. The summed E-state index contributed by atoms with van der Waals surface area (Å²) in [5.74, 6) is -0.451. The Kier molecular flexibility index (Phi) is 7.37. The summed E-state index contributed by atoms with van der Waals surface area (Å²) >= 11 is 1.52. The maximum Gasteiger partial charge on any atom is 0.243 e. The van der Waals surface area contributed by atoms with Crippen LogP contribution in [0.4, 0.5) is 5.13 Å². The highest BCUT2D eigenvalue weighted by Gasteiger charge is 2.36. The second-order valence-electron chi connectivity index (χ2n) is 9.16. The van der Waals surface area contributed by atoms with Gasteiger partial charge < -0.3 is 4.90 Å². The first-order valence-electron chi connectivity index (χ1n) is 11.6. The van der Waals surface area contributed by atoms with Gasteiger partial charge in [-0.1, -0.05) is 35.6 Å². The number of anilines is 1. The fraction of sp³-hybridized carbons (Fsp3) is 0.440. The molecule has 1 aliphatic heterocycles. The number of amides is 1. The smallest absolute Gasteiger partial charge is 0.243 e. The molecule has 4 rings (SSSR count). The highest BCUT2D eigenvalue weighted by atomic mass is 32.2. The summed E-state index contributed by atoms with van der Waals surface area (Å²) in [7, 11) is 0.317. The second kappa shape index (κ2) is 10.1. The number of carbonyl (C=O) groups excluding carboxylic acids is 1. The number of rotatable bonds is 7. The molecule has 1 amide bonds. The molecule has 0 N–H and O–H groups in total. The number of hydrogen-bond acceptors (Lipinski definition) is 6. The molecule has 1 fully saturated rings. The zero-order valence-corrected chi connectivity index (χ0v) is 21.8. The molecule has 1 aliphatic rings. The molecule has 182 valence electrons. The van der Waals surface area contributed by atoms with Crippen LogP contribution in [0, 0.1) is 19.8 Å². The van der Waals surface area contributed by atoms with Crippen molar-refractivity contribution in [3.63, 3.8) is 0 Å². The number of sulfonamides is 1. The molecule has 9 heteroatoms. The molecule has 1 unspecified atom stereocenters. The first-order valence-corrected chi connectivity index (χ1v) is 13.8. The van der Waals surface area contributed by atoms with E-state index in [2.05, 4.69) is 26.0 Å². The normalized spacial score (nSPS) is 17.4. The monoisotopic (exact) mass is 500 g/mol. The maximum atomic E-state index is 13.8. The van der Waals surface area contributed by atoms with Crippen LogP contribution in [0.25, 0.3) is 10.2 Å². The quantitative estimate of drug-likeness (QED) is 0.492. The third-order valence-corrected chi connectivity index (χ3v) is 9.38. The molecular weight excluding hydrogens is 468 g/mol. The summed E-state index contributed by atoms with van der Waals surface area (Å²) in [5, 5.41) is 0.679. The van der Waals surface area contributed by atoms with Crippen LogP contribution in [0.15, 0.2) is 47.4 Å². The highest BCUT2D eigenvalue weighted by molar-refractivity contribution is 7.89. The van der Waals surface area contributed by atoms with Gasteiger partial charge >= 0.3 is 0 Å². The lowest BCUT2D eigenvalue weighted by Crippen LogP contribution is -2.48. The number of piperidine rings is 1. The minimum Gasteiger partial charge on any atom is -0.308 e. The number of aryl methyl sites for hydroxylation is 2. The second-order valence-corrected chi connectivity index (χ2v) is 12.1. The zero-order valence-electron chi connectivity index (χ0n) is 20.2. The van der Waals surface area contributed by atoms with Gasteiger partial charge in [0.2, 0.25) is 15.9 Å². The molecule has 0 radical (unpaired) electrons. The molecule has 0 spiro atoms. The van der Waals surface area contributed by atoms with Crippen LogP contribution in [-0.4, -0.2) is 68.8 Å². The van der Waals surface area contributed by atoms with Crippen molar-refractivity contribution in [3.05, 3.63) is 53.6 Å². The van der Waals surface area contributed by atoms with E-state index in [-0.39, 0.29) is 17.3 Å². The minimum absolute atomic E-state index is 0.0526. The Labute approximate surface area is 206 Å². The Morgan fingerprint density at radius 2 is 1.85 bits per heavy atom. The Balaban J connectivity index is 1.62. The number of hydrogen-bond donors (Lipinski definition) is 0. The van der Waals surface area contributed by atoms with Crippen molar-refractivity contribution >= 4 is 42.6 Å². The van der Waals surface area contributed by atoms with Crippen LogP contribution in [-0.2, 0) is 14.8 Å². The minimum atomic E-state index is -3.63. The van der Waals surface area contributed by atoms with Crippen molar-refractivity contribution in [3.8, 4) is 0 Å². The van der Waals surface area contributed by atoms with Crippen molar-refractivity contribution in [2.24, 2.45) is 5.92 Å². The third kappa shape index (κ3) is 5.02. The molecule has 1 saturated heterocycles. The van der Waals surface area contributed by atoms with Gasteiger partial charge in [-0.25, -0.2) is 13.4 Å².